The van der Waals surface area contributed by atoms with Crippen LogP contribution in [0.5, 0.6) is 5.75 Å². The molecule has 0 aliphatic rings. The fraction of sp³-hybridized carbons (Fsp3) is 0.625. The van der Waals surface area contributed by atoms with Crippen LogP contribution in [-0.4, -0.2) is 5.11 Å². The first-order chi connectivity index (χ1) is 8.24. The van der Waals surface area contributed by atoms with E-state index in [0.29, 0.717) is 5.75 Å². The van der Waals surface area contributed by atoms with Crippen molar-refractivity contribution in [2.75, 3.05) is 0 Å². The van der Waals surface area contributed by atoms with Crippen molar-refractivity contribution in [2.45, 2.75) is 65.7 Å². The number of hydrogen-bond donors (Lipinski definition) is 1. The highest BCUT2D eigenvalue weighted by atomic mass is 16.3. The van der Waals surface area contributed by atoms with Gasteiger partial charge in [-0.15, -0.1) is 0 Å². The molecule has 0 aliphatic carbocycles. The van der Waals surface area contributed by atoms with Gasteiger partial charge in [-0.05, 0) is 42.4 Å². The first-order valence-electron chi connectivity index (χ1n) is 7.07. The maximum atomic E-state index is 10.3. The lowest BCUT2D eigenvalue weighted by molar-refractivity contribution is 0.458. The largest absolute Gasteiger partial charge is 0.507 e. The quantitative estimate of drug-likeness (QED) is 0.681. The molecule has 0 radical (unpaired) electrons. The van der Waals surface area contributed by atoms with Crippen LogP contribution in [0.4, 0.5) is 0 Å². The second kappa shape index (κ2) is 7.37. The Morgan fingerprint density at radius 3 is 2.18 bits per heavy atom. The van der Waals surface area contributed by atoms with Crippen LogP contribution in [0.1, 0.15) is 63.1 Å². The van der Waals surface area contributed by atoms with Crippen molar-refractivity contribution in [3.63, 3.8) is 0 Å². The molecule has 0 unspecified atom stereocenters. The van der Waals surface area contributed by atoms with E-state index in [1.165, 1.54) is 31.2 Å². The van der Waals surface area contributed by atoms with E-state index in [-0.39, 0.29) is 0 Å². The van der Waals surface area contributed by atoms with Gasteiger partial charge in [-0.25, -0.2) is 0 Å². The van der Waals surface area contributed by atoms with Crippen LogP contribution in [0.25, 0.3) is 0 Å². The Morgan fingerprint density at radius 1 is 0.882 bits per heavy atom. The molecule has 0 amide bonds. The molecule has 0 saturated heterocycles. The summed E-state index contributed by atoms with van der Waals surface area (Å²) in [5.74, 6) is 0.559. The van der Waals surface area contributed by atoms with Crippen molar-refractivity contribution in [3.05, 3.63) is 28.8 Å². The summed E-state index contributed by atoms with van der Waals surface area (Å²) in [6.45, 7) is 6.49. The van der Waals surface area contributed by atoms with Crippen LogP contribution < -0.4 is 0 Å². The van der Waals surface area contributed by atoms with Crippen molar-refractivity contribution in [3.8, 4) is 5.75 Å². The van der Waals surface area contributed by atoms with E-state index in [4.69, 9.17) is 0 Å². The number of hydrogen-bond acceptors (Lipinski definition) is 1. The maximum absolute atomic E-state index is 10.3. The Bertz CT molecular complexity index is 342. The van der Waals surface area contributed by atoms with Gasteiger partial charge in [0.05, 0.1) is 0 Å². The lowest BCUT2D eigenvalue weighted by Crippen LogP contribution is -1.96. The van der Waals surface area contributed by atoms with E-state index in [2.05, 4.69) is 32.9 Å². The third kappa shape index (κ3) is 3.76. The highest BCUT2D eigenvalue weighted by Gasteiger charge is 2.09. The van der Waals surface area contributed by atoms with Gasteiger partial charge in [-0.1, -0.05) is 52.2 Å². The number of aryl methyl sites for hydroxylation is 2. The summed E-state index contributed by atoms with van der Waals surface area (Å²) in [4.78, 5) is 0. The number of phenolic OH excluding ortho intramolecular Hbond substituents is 1. The highest BCUT2D eigenvalue weighted by molar-refractivity contribution is 5.45. The average Bonchev–Trinajstić information content (AvgIpc) is 2.35. The Labute approximate surface area is 106 Å². The van der Waals surface area contributed by atoms with Gasteiger partial charge in [0.2, 0.25) is 0 Å². The molecule has 1 heteroatoms. The summed E-state index contributed by atoms with van der Waals surface area (Å²) < 4.78 is 0. The molecule has 1 N–H and O–H groups in total. The minimum Gasteiger partial charge on any atom is -0.507 e. The van der Waals surface area contributed by atoms with Crippen molar-refractivity contribution in [2.24, 2.45) is 0 Å². The predicted molar refractivity (Wildman–Crippen MR) is 74.7 cm³/mol. The molecule has 0 saturated carbocycles. The molecule has 0 heterocycles. The normalized spacial score (nSPS) is 10.8. The van der Waals surface area contributed by atoms with Gasteiger partial charge in [-0.3, -0.25) is 0 Å². The lowest BCUT2D eigenvalue weighted by atomic mass is 9.96. The van der Waals surface area contributed by atoms with Crippen molar-refractivity contribution in [1.29, 1.82) is 0 Å². The zero-order chi connectivity index (χ0) is 12.7. The monoisotopic (exact) mass is 234 g/mol. The van der Waals surface area contributed by atoms with Gasteiger partial charge < -0.3 is 5.11 Å². The van der Waals surface area contributed by atoms with E-state index in [9.17, 15) is 5.11 Å². The van der Waals surface area contributed by atoms with E-state index in [1.54, 1.807) is 0 Å². The van der Waals surface area contributed by atoms with Gasteiger partial charge in [0.25, 0.3) is 0 Å². The number of phenols is 1. The average molecular weight is 234 g/mol. The zero-order valence-corrected chi connectivity index (χ0v) is 11.6. The predicted octanol–water partition coefficient (Wildman–Crippen LogP) is 4.64. The van der Waals surface area contributed by atoms with Gasteiger partial charge in [0.1, 0.15) is 5.75 Å². The Hall–Kier alpha value is -0.980. The zero-order valence-electron chi connectivity index (χ0n) is 11.6. The number of rotatable bonds is 7. The second-order valence-corrected chi connectivity index (χ2v) is 4.73. The summed E-state index contributed by atoms with van der Waals surface area (Å²) in [6, 6.07) is 4.30. The molecule has 1 aromatic carbocycles. The molecule has 1 aromatic rings. The minimum atomic E-state index is 0.559. The molecule has 0 fully saturated rings. The molecule has 0 atom stereocenters. The molecule has 1 nitrogen and oxygen atoms in total. The van der Waals surface area contributed by atoms with E-state index in [1.807, 2.05) is 0 Å². The molecule has 0 spiro atoms. The first kappa shape index (κ1) is 14.1. The summed E-state index contributed by atoms with van der Waals surface area (Å²) in [6.07, 6.45) is 7.98. The molecule has 0 aliphatic heterocycles. The van der Waals surface area contributed by atoms with Gasteiger partial charge in [0.15, 0.2) is 0 Å². The molecule has 0 bridgehead atoms. The van der Waals surface area contributed by atoms with Gasteiger partial charge in [0, 0.05) is 0 Å². The lowest BCUT2D eigenvalue weighted by Gasteiger charge is -2.12. The number of benzene rings is 1. The standard InChI is InChI=1S/C16H26O/c1-4-7-8-9-10-14-12-11-13(5-2)15(6-3)16(14)17/h11-12,17H,4-10H2,1-3H3. The molecular formula is C16H26O. The second-order valence-electron chi connectivity index (χ2n) is 4.73. The first-order valence-corrected chi connectivity index (χ1v) is 7.07. The Balaban J connectivity index is 2.73. The molecule has 17 heavy (non-hydrogen) atoms. The van der Waals surface area contributed by atoms with Crippen molar-refractivity contribution in [1.82, 2.24) is 0 Å². The summed E-state index contributed by atoms with van der Waals surface area (Å²) in [5, 5.41) is 10.3. The van der Waals surface area contributed by atoms with Crippen LogP contribution in [0.15, 0.2) is 12.1 Å². The van der Waals surface area contributed by atoms with Gasteiger partial charge in [-0.2, -0.15) is 0 Å². The van der Waals surface area contributed by atoms with E-state index < -0.39 is 0 Å². The minimum absolute atomic E-state index is 0.559. The van der Waals surface area contributed by atoms with Crippen LogP contribution in [0, 0.1) is 0 Å². The van der Waals surface area contributed by atoms with Crippen LogP contribution in [0.2, 0.25) is 0 Å². The third-order valence-corrected chi connectivity index (χ3v) is 3.50. The molecular weight excluding hydrogens is 208 g/mol. The smallest absolute Gasteiger partial charge is 0.122 e. The Kier molecular flexibility index (Phi) is 6.10. The van der Waals surface area contributed by atoms with Gasteiger partial charge >= 0.3 is 0 Å². The SMILES string of the molecule is CCCCCCc1ccc(CC)c(CC)c1O. The number of unbranched alkanes of at least 4 members (excludes halogenated alkanes) is 3. The molecule has 0 aromatic heterocycles. The fourth-order valence-electron chi connectivity index (χ4n) is 2.40. The molecule has 96 valence electrons. The summed E-state index contributed by atoms with van der Waals surface area (Å²) >= 11 is 0. The van der Waals surface area contributed by atoms with E-state index in [0.717, 1.165) is 30.4 Å². The van der Waals surface area contributed by atoms with Crippen LogP contribution in [0.3, 0.4) is 0 Å². The molecule has 1 rings (SSSR count). The van der Waals surface area contributed by atoms with Crippen LogP contribution >= 0.6 is 0 Å². The topological polar surface area (TPSA) is 20.2 Å². The van der Waals surface area contributed by atoms with Crippen LogP contribution in [-0.2, 0) is 19.3 Å². The van der Waals surface area contributed by atoms with Crippen molar-refractivity contribution >= 4 is 0 Å². The van der Waals surface area contributed by atoms with E-state index >= 15 is 0 Å². The Morgan fingerprint density at radius 2 is 1.59 bits per heavy atom. The van der Waals surface area contributed by atoms with Crippen molar-refractivity contribution < 1.29 is 5.11 Å². The fourth-order valence-corrected chi connectivity index (χ4v) is 2.40. The summed E-state index contributed by atoms with van der Waals surface area (Å²) in [7, 11) is 0. The summed E-state index contributed by atoms with van der Waals surface area (Å²) in [5.41, 5.74) is 3.58. The highest BCUT2D eigenvalue weighted by Crippen LogP contribution is 2.28. The number of aromatic hydroxyl groups is 1. The third-order valence-electron chi connectivity index (χ3n) is 3.50. The maximum Gasteiger partial charge on any atom is 0.122 e.